The second-order valence-electron chi connectivity index (χ2n) is 5.81. The number of imide groups is 1. The minimum atomic E-state index is -0.968. The number of carbonyl (C=O) groups is 3. The van der Waals surface area contributed by atoms with E-state index in [1.54, 1.807) is 36.4 Å². The van der Waals surface area contributed by atoms with Gasteiger partial charge in [-0.25, -0.2) is 4.79 Å². The van der Waals surface area contributed by atoms with Gasteiger partial charge in [-0.05, 0) is 29.7 Å². The van der Waals surface area contributed by atoms with Crippen LogP contribution in [-0.2, 0) is 11.9 Å². The van der Waals surface area contributed by atoms with Gasteiger partial charge in [-0.15, -0.1) is 0 Å². The number of hydroxylamine groups is 2. The summed E-state index contributed by atoms with van der Waals surface area (Å²) in [5, 5.41) is 1.43. The summed E-state index contributed by atoms with van der Waals surface area (Å²) in [4.78, 5) is 54.6. The van der Waals surface area contributed by atoms with Gasteiger partial charge in [0.2, 0.25) is 0 Å². The molecule has 0 aliphatic carbocycles. The fraction of sp³-hybridized carbons (Fsp3) is 0.0526. The second kappa shape index (κ2) is 5.66. The molecule has 0 unspecified atom stereocenters. The van der Waals surface area contributed by atoms with Crippen molar-refractivity contribution in [2.75, 3.05) is 0 Å². The van der Waals surface area contributed by atoms with Gasteiger partial charge in [0.05, 0.1) is 11.1 Å². The number of pyridine rings is 1. The molecule has 128 valence electrons. The van der Waals surface area contributed by atoms with Gasteiger partial charge in [0.1, 0.15) is 5.69 Å². The van der Waals surface area contributed by atoms with Gasteiger partial charge in [-0.1, -0.05) is 35.4 Å². The van der Waals surface area contributed by atoms with E-state index in [-0.39, 0.29) is 22.4 Å². The van der Waals surface area contributed by atoms with E-state index in [1.165, 1.54) is 25.2 Å². The number of carbonyl (C=O) groups excluding carboxylic acids is 3. The predicted molar refractivity (Wildman–Crippen MR) is 91.5 cm³/mol. The van der Waals surface area contributed by atoms with Gasteiger partial charge < -0.3 is 9.40 Å². The molecular weight excluding hydrogens is 336 g/mol. The van der Waals surface area contributed by atoms with Gasteiger partial charge in [-0.3, -0.25) is 14.4 Å². The first-order valence-electron chi connectivity index (χ1n) is 7.78. The van der Waals surface area contributed by atoms with Gasteiger partial charge in [0, 0.05) is 12.4 Å². The van der Waals surface area contributed by atoms with Crippen LogP contribution in [0.25, 0.3) is 10.8 Å². The summed E-state index contributed by atoms with van der Waals surface area (Å²) in [6.45, 7) is 0. The zero-order valence-electron chi connectivity index (χ0n) is 13.6. The van der Waals surface area contributed by atoms with E-state index in [0.29, 0.717) is 15.8 Å². The molecule has 1 aliphatic rings. The summed E-state index contributed by atoms with van der Waals surface area (Å²) >= 11 is 0. The Balaban J connectivity index is 1.71. The Hall–Kier alpha value is -3.74. The third-order valence-corrected chi connectivity index (χ3v) is 4.29. The molecule has 0 spiro atoms. The molecule has 7 heteroatoms. The first-order chi connectivity index (χ1) is 12.5. The third-order valence-electron chi connectivity index (χ3n) is 4.29. The number of aromatic nitrogens is 1. The van der Waals surface area contributed by atoms with Crippen molar-refractivity contribution in [1.29, 1.82) is 0 Å². The van der Waals surface area contributed by atoms with E-state index in [9.17, 15) is 19.2 Å². The molecule has 0 saturated heterocycles. The van der Waals surface area contributed by atoms with Crippen LogP contribution in [0.3, 0.4) is 0 Å². The number of hydrogen-bond acceptors (Lipinski definition) is 5. The lowest BCUT2D eigenvalue weighted by molar-refractivity contribution is -0.0591. The van der Waals surface area contributed by atoms with Crippen molar-refractivity contribution in [3.8, 4) is 0 Å². The molecule has 0 radical (unpaired) electrons. The first-order valence-corrected chi connectivity index (χ1v) is 7.78. The molecule has 2 amide bonds. The van der Waals surface area contributed by atoms with Crippen molar-refractivity contribution in [2.24, 2.45) is 7.05 Å². The molecule has 26 heavy (non-hydrogen) atoms. The number of hydrogen-bond donors (Lipinski definition) is 0. The first kappa shape index (κ1) is 15.8. The lowest BCUT2D eigenvalue weighted by atomic mass is 10.1. The molecule has 0 fully saturated rings. The molecule has 1 aliphatic heterocycles. The van der Waals surface area contributed by atoms with Crippen LogP contribution in [0.4, 0.5) is 0 Å². The van der Waals surface area contributed by atoms with Crippen LogP contribution in [0, 0.1) is 0 Å². The van der Waals surface area contributed by atoms with E-state index < -0.39 is 17.8 Å². The van der Waals surface area contributed by atoms with Crippen LogP contribution in [0.1, 0.15) is 31.2 Å². The average molecular weight is 348 g/mol. The normalized spacial score (nSPS) is 13.2. The number of amides is 2. The topological polar surface area (TPSA) is 85.7 Å². The fourth-order valence-corrected chi connectivity index (χ4v) is 2.93. The van der Waals surface area contributed by atoms with Crippen LogP contribution in [-0.4, -0.2) is 27.4 Å². The van der Waals surface area contributed by atoms with Crippen molar-refractivity contribution < 1.29 is 19.2 Å². The standard InChI is InChI=1S/C19H12N2O5/c1-20-15(10-11-6-2-3-7-12(11)16(20)22)19(25)26-21-17(23)13-8-4-5-9-14(13)18(21)24/h2-10H,1H3. The monoisotopic (exact) mass is 348 g/mol. The zero-order valence-corrected chi connectivity index (χ0v) is 13.6. The van der Waals surface area contributed by atoms with Crippen LogP contribution in [0.5, 0.6) is 0 Å². The zero-order chi connectivity index (χ0) is 18.4. The Morgan fingerprint density at radius 3 is 2.12 bits per heavy atom. The molecule has 7 nitrogen and oxygen atoms in total. The smallest absolute Gasteiger partial charge is 0.323 e. The highest BCUT2D eigenvalue weighted by atomic mass is 16.7. The largest absolute Gasteiger partial charge is 0.380 e. The average Bonchev–Trinajstić information content (AvgIpc) is 2.90. The van der Waals surface area contributed by atoms with E-state index in [1.807, 2.05) is 0 Å². The van der Waals surface area contributed by atoms with Crippen LogP contribution in [0.15, 0.2) is 59.4 Å². The number of nitrogens with zero attached hydrogens (tertiary/aromatic N) is 2. The predicted octanol–water partition coefficient (Wildman–Crippen LogP) is 1.91. The molecule has 4 rings (SSSR count). The van der Waals surface area contributed by atoms with E-state index >= 15 is 0 Å². The summed E-state index contributed by atoms with van der Waals surface area (Å²) in [5.41, 5.74) is -0.113. The fourth-order valence-electron chi connectivity index (χ4n) is 2.93. The van der Waals surface area contributed by atoms with Crippen LogP contribution >= 0.6 is 0 Å². The summed E-state index contributed by atoms with van der Waals surface area (Å²) in [6, 6.07) is 14.5. The molecule has 2 aromatic carbocycles. The number of benzene rings is 2. The molecule has 0 N–H and O–H groups in total. The quantitative estimate of drug-likeness (QED) is 0.661. The maximum absolute atomic E-state index is 12.5. The highest BCUT2D eigenvalue weighted by Gasteiger charge is 2.39. The van der Waals surface area contributed by atoms with Gasteiger partial charge in [-0.2, -0.15) is 0 Å². The van der Waals surface area contributed by atoms with Gasteiger partial charge >= 0.3 is 5.97 Å². The maximum Gasteiger partial charge on any atom is 0.380 e. The van der Waals surface area contributed by atoms with Crippen molar-refractivity contribution in [2.45, 2.75) is 0 Å². The van der Waals surface area contributed by atoms with Crippen LogP contribution in [0.2, 0.25) is 0 Å². The van der Waals surface area contributed by atoms with E-state index in [0.717, 1.165) is 4.57 Å². The Labute approximate surface area is 147 Å². The Morgan fingerprint density at radius 2 is 1.46 bits per heavy atom. The summed E-state index contributed by atoms with van der Waals surface area (Å²) in [5.74, 6) is -2.40. The molecule has 0 saturated carbocycles. The highest BCUT2D eigenvalue weighted by molar-refractivity contribution is 6.21. The molecular formula is C19H12N2O5. The summed E-state index contributed by atoms with van der Waals surface area (Å²) in [6.07, 6.45) is 0. The molecule has 1 aromatic heterocycles. The third kappa shape index (κ3) is 2.21. The van der Waals surface area contributed by atoms with E-state index in [2.05, 4.69) is 0 Å². The Bertz CT molecular complexity index is 1130. The molecule has 0 bridgehead atoms. The van der Waals surface area contributed by atoms with Crippen molar-refractivity contribution in [3.05, 3.63) is 81.8 Å². The lowest BCUT2D eigenvalue weighted by Crippen LogP contribution is -2.34. The Morgan fingerprint density at radius 1 is 0.885 bits per heavy atom. The second-order valence-corrected chi connectivity index (χ2v) is 5.81. The lowest BCUT2D eigenvalue weighted by Gasteiger charge is -2.14. The molecule has 0 atom stereocenters. The molecule has 2 heterocycles. The Kier molecular flexibility index (Phi) is 3.43. The van der Waals surface area contributed by atoms with Crippen molar-refractivity contribution in [3.63, 3.8) is 0 Å². The SMILES string of the molecule is Cn1c(C(=O)ON2C(=O)c3ccccc3C2=O)cc2ccccc2c1=O. The summed E-state index contributed by atoms with van der Waals surface area (Å²) in [7, 11) is 1.42. The molecule has 3 aromatic rings. The van der Waals surface area contributed by atoms with Crippen molar-refractivity contribution in [1.82, 2.24) is 9.63 Å². The minimum Gasteiger partial charge on any atom is -0.323 e. The minimum absolute atomic E-state index is 0.0646. The van der Waals surface area contributed by atoms with Crippen LogP contribution < -0.4 is 5.56 Å². The number of rotatable bonds is 2. The highest BCUT2D eigenvalue weighted by Crippen LogP contribution is 2.23. The van der Waals surface area contributed by atoms with Gasteiger partial charge in [0.15, 0.2) is 0 Å². The summed E-state index contributed by atoms with van der Waals surface area (Å²) < 4.78 is 1.13. The van der Waals surface area contributed by atoms with E-state index in [4.69, 9.17) is 4.84 Å². The van der Waals surface area contributed by atoms with Crippen molar-refractivity contribution >= 4 is 28.6 Å². The maximum atomic E-state index is 12.5. The number of fused-ring (bicyclic) bond motifs is 2. The van der Waals surface area contributed by atoms with Gasteiger partial charge in [0.25, 0.3) is 17.4 Å².